The number of halogens is 1. The summed E-state index contributed by atoms with van der Waals surface area (Å²) in [7, 11) is 1.55. The fourth-order valence-electron chi connectivity index (χ4n) is 2.03. The first-order valence-corrected chi connectivity index (χ1v) is 6.16. The van der Waals surface area contributed by atoms with Gasteiger partial charge in [-0.3, -0.25) is 4.79 Å². The number of amides is 3. The SMILES string of the molecule is CNC(=O)C1=C(C)NC(=O)N[C@@H]1c1ccc(Cl)cc1. The third-order valence-electron chi connectivity index (χ3n) is 2.94. The number of allylic oxidation sites excluding steroid dienone is 1. The van der Waals surface area contributed by atoms with Gasteiger partial charge in [-0.1, -0.05) is 23.7 Å². The number of benzene rings is 1. The minimum Gasteiger partial charge on any atom is -0.355 e. The zero-order valence-electron chi connectivity index (χ0n) is 10.6. The lowest BCUT2D eigenvalue weighted by Gasteiger charge is -2.28. The van der Waals surface area contributed by atoms with Gasteiger partial charge in [0.05, 0.1) is 11.6 Å². The monoisotopic (exact) mass is 279 g/mol. The molecule has 0 saturated heterocycles. The number of nitrogens with one attached hydrogen (secondary N) is 3. The van der Waals surface area contributed by atoms with Crippen molar-refractivity contribution >= 4 is 23.5 Å². The van der Waals surface area contributed by atoms with E-state index < -0.39 is 6.04 Å². The average molecular weight is 280 g/mol. The first-order chi connectivity index (χ1) is 9.02. The third kappa shape index (κ3) is 2.71. The Morgan fingerprint density at radius 2 is 1.95 bits per heavy atom. The predicted octanol–water partition coefficient (Wildman–Crippen LogP) is 1.71. The van der Waals surface area contributed by atoms with Crippen molar-refractivity contribution in [1.82, 2.24) is 16.0 Å². The number of rotatable bonds is 2. The molecule has 1 aliphatic rings. The van der Waals surface area contributed by atoms with Crippen LogP contribution in [0.4, 0.5) is 4.79 Å². The third-order valence-corrected chi connectivity index (χ3v) is 3.20. The van der Waals surface area contributed by atoms with Gasteiger partial charge < -0.3 is 16.0 Å². The van der Waals surface area contributed by atoms with Crippen molar-refractivity contribution in [2.24, 2.45) is 0 Å². The summed E-state index contributed by atoms with van der Waals surface area (Å²) >= 11 is 5.84. The molecule has 1 aromatic rings. The minimum absolute atomic E-state index is 0.232. The molecule has 1 aromatic carbocycles. The van der Waals surface area contributed by atoms with Crippen LogP contribution >= 0.6 is 11.6 Å². The number of likely N-dealkylation sites (N-methyl/N-ethyl adjacent to an activating group) is 1. The summed E-state index contributed by atoms with van der Waals surface area (Å²) in [5.41, 5.74) is 1.84. The molecule has 1 atom stereocenters. The molecule has 0 aromatic heterocycles. The van der Waals surface area contributed by atoms with Crippen LogP contribution in [0.3, 0.4) is 0 Å². The number of hydrogen-bond acceptors (Lipinski definition) is 2. The summed E-state index contributed by atoms with van der Waals surface area (Å²) in [5, 5.41) is 8.51. The van der Waals surface area contributed by atoms with Gasteiger partial charge in [-0.05, 0) is 24.6 Å². The van der Waals surface area contributed by atoms with E-state index in [2.05, 4.69) is 16.0 Å². The number of carbonyl (C=O) groups excluding carboxylic acids is 2. The van der Waals surface area contributed by atoms with E-state index in [9.17, 15) is 9.59 Å². The van der Waals surface area contributed by atoms with Crippen LogP contribution in [0.1, 0.15) is 18.5 Å². The fraction of sp³-hybridized carbons (Fsp3) is 0.231. The molecule has 19 heavy (non-hydrogen) atoms. The van der Waals surface area contributed by atoms with E-state index in [0.29, 0.717) is 16.3 Å². The molecule has 3 N–H and O–H groups in total. The number of urea groups is 1. The highest BCUT2D eigenvalue weighted by atomic mass is 35.5. The van der Waals surface area contributed by atoms with E-state index in [0.717, 1.165) is 5.56 Å². The topological polar surface area (TPSA) is 70.2 Å². The van der Waals surface area contributed by atoms with Crippen LogP contribution in [0.5, 0.6) is 0 Å². The van der Waals surface area contributed by atoms with Crippen LogP contribution in [-0.2, 0) is 4.79 Å². The Balaban J connectivity index is 2.46. The van der Waals surface area contributed by atoms with Gasteiger partial charge in [0.25, 0.3) is 5.91 Å². The summed E-state index contributed by atoms with van der Waals surface area (Å²) in [4.78, 5) is 23.5. The van der Waals surface area contributed by atoms with Gasteiger partial charge in [0, 0.05) is 17.8 Å². The predicted molar refractivity (Wildman–Crippen MR) is 72.6 cm³/mol. The zero-order chi connectivity index (χ0) is 14.0. The van der Waals surface area contributed by atoms with Crippen LogP contribution in [-0.4, -0.2) is 19.0 Å². The van der Waals surface area contributed by atoms with Gasteiger partial charge >= 0.3 is 6.03 Å². The molecule has 1 aliphatic heterocycles. The van der Waals surface area contributed by atoms with Crippen LogP contribution in [0.15, 0.2) is 35.5 Å². The molecule has 1 heterocycles. The summed E-state index contributed by atoms with van der Waals surface area (Å²) in [6.07, 6.45) is 0. The van der Waals surface area contributed by atoms with Gasteiger partial charge in [0.15, 0.2) is 0 Å². The second-order valence-electron chi connectivity index (χ2n) is 4.20. The molecule has 0 aliphatic carbocycles. The molecule has 100 valence electrons. The van der Waals surface area contributed by atoms with E-state index in [1.165, 1.54) is 0 Å². The van der Waals surface area contributed by atoms with Crippen LogP contribution < -0.4 is 16.0 Å². The Kier molecular flexibility index (Phi) is 3.76. The normalized spacial score (nSPS) is 18.7. The van der Waals surface area contributed by atoms with Crippen LogP contribution in [0.2, 0.25) is 5.02 Å². The lowest BCUT2D eigenvalue weighted by molar-refractivity contribution is -0.117. The first-order valence-electron chi connectivity index (χ1n) is 5.78. The Bertz CT molecular complexity index is 552. The minimum atomic E-state index is -0.481. The molecule has 0 radical (unpaired) electrons. The van der Waals surface area contributed by atoms with Crippen molar-refractivity contribution in [2.75, 3.05) is 7.05 Å². The second kappa shape index (κ2) is 5.32. The summed E-state index contributed by atoms with van der Waals surface area (Å²) in [6, 6.07) is 6.21. The van der Waals surface area contributed by atoms with Gasteiger partial charge in [-0.15, -0.1) is 0 Å². The first kappa shape index (κ1) is 13.4. The molecule has 0 fully saturated rings. The van der Waals surface area contributed by atoms with Gasteiger partial charge in [0.2, 0.25) is 0 Å². The zero-order valence-corrected chi connectivity index (χ0v) is 11.3. The van der Waals surface area contributed by atoms with Crippen LogP contribution in [0, 0.1) is 0 Å². The number of carbonyl (C=O) groups is 2. The molecule has 6 heteroatoms. The van der Waals surface area contributed by atoms with Crippen molar-refractivity contribution in [3.05, 3.63) is 46.1 Å². The van der Waals surface area contributed by atoms with Gasteiger partial charge in [-0.25, -0.2) is 4.79 Å². The van der Waals surface area contributed by atoms with Crippen LogP contribution in [0.25, 0.3) is 0 Å². The lowest BCUT2D eigenvalue weighted by Crippen LogP contribution is -2.46. The largest absolute Gasteiger partial charge is 0.355 e. The van der Waals surface area contributed by atoms with Crippen molar-refractivity contribution in [2.45, 2.75) is 13.0 Å². The molecule has 5 nitrogen and oxygen atoms in total. The lowest BCUT2D eigenvalue weighted by atomic mass is 9.95. The highest BCUT2D eigenvalue weighted by Gasteiger charge is 2.30. The average Bonchev–Trinajstić information content (AvgIpc) is 2.38. The van der Waals surface area contributed by atoms with E-state index >= 15 is 0 Å². The molecule has 2 rings (SSSR count). The van der Waals surface area contributed by atoms with Crippen molar-refractivity contribution in [3.63, 3.8) is 0 Å². The quantitative estimate of drug-likeness (QED) is 0.771. The maximum Gasteiger partial charge on any atom is 0.319 e. The number of hydrogen-bond donors (Lipinski definition) is 3. The fourth-order valence-corrected chi connectivity index (χ4v) is 2.16. The smallest absolute Gasteiger partial charge is 0.319 e. The molecule has 0 spiro atoms. The Labute approximate surface area is 116 Å². The molecular formula is C13H14ClN3O2. The van der Waals surface area contributed by atoms with Crippen molar-refractivity contribution in [1.29, 1.82) is 0 Å². The van der Waals surface area contributed by atoms with E-state index in [1.54, 1.807) is 38.2 Å². The molecule has 3 amide bonds. The van der Waals surface area contributed by atoms with E-state index in [-0.39, 0.29) is 11.9 Å². The second-order valence-corrected chi connectivity index (χ2v) is 4.64. The standard InChI is InChI=1S/C13H14ClN3O2/c1-7-10(12(18)15-2)11(17-13(19)16-7)8-3-5-9(14)6-4-8/h3-6,11H,1-2H3,(H,15,18)(H2,16,17,19)/t11-/m1/s1. The van der Waals surface area contributed by atoms with Crippen molar-refractivity contribution < 1.29 is 9.59 Å². The maximum atomic E-state index is 11.9. The molecule has 0 bridgehead atoms. The Hall–Kier alpha value is -2.01. The summed E-state index contributed by atoms with van der Waals surface area (Å²) in [6.45, 7) is 1.70. The molecule has 0 saturated carbocycles. The molecular weight excluding hydrogens is 266 g/mol. The maximum absolute atomic E-state index is 11.9. The van der Waals surface area contributed by atoms with Gasteiger partial charge in [-0.2, -0.15) is 0 Å². The Morgan fingerprint density at radius 3 is 2.53 bits per heavy atom. The Morgan fingerprint density at radius 1 is 1.32 bits per heavy atom. The summed E-state index contributed by atoms with van der Waals surface area (Å²) < 4.78 is 0. The van der Waals surface area contributed by atoms with Crippen molar-refractivity contribution in [3.8, 4) is 0 Å². The molecule has 0 unspecified atom stereocenters. The van der Waals surface area contributed by atoms with Gasteiger partial charge in [0.1, 0.15) is 0 Å². The highest BCUT2D eigenvalue weighted by molar-refractivity contribution is 6.30. The van der Waals surface area contributed by atoms with E-state index in [4.69, 9.17) is 11.6 Å². The highest BCUT2D eigenvalue weighted by Crippen LogP contribution is 2.27. The van der Waals surface area contributed by atoms with E-state index in [1.807, 2.05) is 0 Å². The summed E-state index contributed by atoms with van der Waals surface area (Å²) in [5.74, 6) is -0.232.